The summed E-state index contributed by atoms with van der Waals surface area (Å²) in [7, 11) is 0. The molecule has 0 amide bonds. The van der Waals surface area contributed by atoms with Gasteiger partial charge in [0.1, 0.15) is 11.5 Å². The Hall–Kier alpha value is -1.44. The zero-order valence-corrected chi connectivity index (χ0v) is 14.9. The maximum Gasteiger partial charge on any atom is 0.122 e. The van der Waals surface area contributed by atoms with Gasteiger partial charge in [-0.2, -0.15) is 0 Å². The lowest BCUT2D eigenvalue weighted by Gasteiger charge is -2.14. The summed E-state index contributed by atoms with van der Waals surface area (Å²) in [6, 6.07) is 3.95. The lowest BCUT2D eigenvalue weighted by atomic mass is 10.0. The van der Waals surface area contributed by atoms with Gasteiger partial charge in [0, 0.05) is 0 Å². The summed E-state index contributed by atoms with van der Waals surface area (Å²) < 4.78 is 5.92. The number of aryl methyl sites for hydroxylation is 2. The van der Waals surface area contributed by atoms with Crippen LogP contribution in [0.1, 0.15) is 65.0 Å². The standard InChI is InChI=1S/C20H32O2/c1-6-17-13-19(14-18(7-2)20(17)21)22-12-11-16(5)10-8-9-15(3)4/h9,13-14,16,21H,6-8,10-12H2,1-5H3. The molecule has 0 fully saturated rings. The van der Waals surface area contributed by atoms with Crippen molar-refractivity contribution in [3.05, 3.63) is 34.9 Å². The Balaban J connectivity index is 2.49. The minimum Gasteiger partial charge on any atom is -0.507 e. The van der Waals surface area contributed by atoms with Crippen LogP contribution in [0.3, 0.4) is 0 Å². The van der Waals surface area contributed by atoms with Crippen LogP contribution in [-0.4, -0.2) is 11.7 Å². The fourth-order valence-electron chi connectivity index (χ4n) is 2.53. The molecule has 0 saturated carbocycles. The molecule has 0 heterocycles. The third-order valence-corrected chi connectivity index (χ3v) is 4.09. The first kappa shape index (κ1) is 18.6. The van der Waals surface area contributed by atoms with E-state index in [-0.39, 0.29) is 0 Å². The van der Waals surface area contributed by atoms with Crippen molar-refractivity contribution >= 4 is 0 Å². The van der Waals surface area contributed by atoms with Crippen molar-refractivity contribution in [3.8, 4) is 11.5 Å². The van der Waals surface area contributed by atoms with Gasteiger partial charge in [0.2, 0.25) is 0 Å². The highest BCUT2D eigenvalue weighted by atomic mass is 16.5. The first-order valence-electron chi connectivity index (χ1n) is 8.58. The first-order valence-corrected chi connectivity index (χ1v) is 8.58. The lowest BCUT2D eigenvalue weighted by Crippen LogP contribution is -2.05. The Bertz CT molecular complexity index is 459. The number of phenols is 1. The van der Waals surface area contributed by atoms with Crippen LogP contribution in [0, 0.1) is 5.92 Å². The number of benzene rings is 1. The fourth-order valence-corrected chi connectivity index (χ4v) is 2.53. The number of ether oxygens (including phenoxy) is 1. The van der Waals surface area contributed by atoms with E-state index in [0.29, 0.717) is 11.7 Å². The zero-order chi connectivity index (χ0) is 16.5. The van der Waals surface area contributed by atoms with Gasteiger partial charge in [-0.15, -0.1) is 0 Å². The second-order valence-electron chi connectivity index (χ2n) is 6.40. The van der Waals surface area contributed by atoms with E-state index in [9.17, 15) is 5.11 Å². The molecule has 0 aliphatic carbocycles. The minimum atomic E-state index is 0.437. The highest BCUT2D eigenvalue weighted by molar-refractivity contribution is 5.46. The van der Waals surface area contributed by atoms with Gasteiger partial charge in [0.05, 0.1) is 6.61 Å². The Morgan fingerprint density at radius 1 is 1.14 bits per heavy atom. The van der Waals surface area contributed by atoms with Crippen molar-refractivity contribution in [1.82, 2.24) is 0 Å². The molecule has 0 aromatic heterocycles. The summed E-state index contributed by atoms with van der Waals surface area (Å²) in [6.07, 6.45) is 7.40. The molecule has 0 spiro atoms. The van der Waals surface area contributed by atoms with Gasteiger partial charge in [-0.05, 0) is 75.1 Å². The average Bonchev–Trinajstić information content (AvgIpc) is 2.48. The van der Waals surface area contributed by atoms with Gasteiger partial charge < -0.3 is 9.84 Å². The number of allylic oxidation sites excluding steroid dienone is 2. The number of phenolic OH excluding ortho intramolecular Hbond substituents is 1. The maximum absolute atomic E-state index is 10.1. The van der Waals surface area contributed by atoms with Gasteiger partial charge in [0.15, 0.2) is 0 Å². The van der Waals surface area contributed by atoms with Crippen LogP contribution in [0.5, 0.6) is 11.5 Å². The number of rotatable bonds is 9. The largest absolute Gasteiger partial charge is 0.507 e. The quantitative estimate of drug-likeness (QED) is 0.596. The molecule has 1 rings (SSSR count). The van der Waals surface area contributed by atoms with E-state index in [1.807, 2.05) is 12.1 Å². The number of hydrogen-bond acceptors (Lipinski definition) is 2. The molecule has 124 valence electrons. The van der Waals surface area contributed by atoms with Crippen molar-refractivity contribution in [3.63, 3.8) is 0 Å². The van der Waals surface area contributed by atoms with Crippen LogP contribution in [0.2, 0.25) is 0 Å². The molecule has 2 heteroatoms. The molecule has 1 aromatic rings. The molecule has 1 atom stereocenters. The van der Waals surface area contributed by atoms with E-state index in [1.54, 1.807) is 0 Å². The normalized spacial score (nSPS) is 12.0. The monoisotopic (exact) mass is 304 g/mol. The molecule has 0 aliphatic heterocycles. The van der Waals surface area contributed by atoms with Gasteiger partial charge in [0.25, 0.3) is 0 Å². The van der Waals surface area contributed by atoms with Crippen LogP contribution < -0.4 is 4.74 Å². The number of aromatic hydroxyl groups is 1. The first-order chi connectivity index (χ1) is 10.5. The summed E-state index contributed by atoms with van der Waals surface area (Å²) in [5.41, 5.74) is 3.35. The third-order valence-electron chi connectivity index (χ3n) is 4.09. The molecule has 0 bridgehead atoms. The lowest BCUT2D eigenvalue weighted by molar-refractivity contribution is 0.278. The number of hydrogen-bond donors (Lipinski definition) is 1. The summed E-state index contributed by atoms with van der Waals surface area (Å²) in [4.78, 5) is 0. The molecule has 22 heavy (non-hydrogen) atoms. The molecule has 0 saturated heterocycles. The van der Waals surface area contributed by atoms with E-state index < -0.39 is 0 Å². The van der Waals surface area contributed by atoms with E-state index >= 15 is 0 Å². The fraction of sp³-hybridized carbons (Fsp3) is 0.600. The van der Waals surface area contributed by atoms with Crippen molar-refractivity contribution in [2.75, 3.05) is 6.61 Å². The predicted molar refractivity (Wildman–Crippen MR) is 94.8 cm³/mol. The second-order valence-corrected chi connectivity index (χ2v) is 6.40. The molecule has 1 N–H and O–H groups in total. The molecule has 1 aromatic carbocycles. The topological polar surface area (TPSA) is 29.5 Å². The highest BCUT2D eigenvalue weighted by Gasteiger charge is 2.09. The van der Waals surface area contributed by atoms with E-state index in [4.69, 9.17) is 4.74 Å². The van der Waals surface area contributed by atoms with Crippen LogP contribution in [0.4, 0.5) is 0 Å². The van der Waals surface area contributed by atoms with Gasteiger partial charge in [-0.1, -0.05) is 32.4 Å². The Morgan fingerprint density at radius 3 is 2.23 bits per heavy atom. The molecular formula is C20H32O2. The Morgan fingerprint density at radius 2 is 1.73 bits per heavy atom. The molecular weight excluding hydrogens is 272 g/mol. The molecule has 0 aliphatic rings. The Labute approximate surface area is 136 Å². The second kappa shape index (κ2) is 9.55. The zero-order valence-electron chi connectivity index (χ0n) is 14.9. The molecule has 2 nitrogen and oxygen atoms in total. The van der Waals surface area contributed by atoms with Crippen LogP contribution in [0.15, 0.2) is 23.8 Å². The van der Waals surface area contributed by atoms with Crippen molar-refractivity contribution in [1.29, 1.82) is 0 Å². The SMILES string of the molecule is CCc1cc(OCCC(C)CCC=C(C)C)cc(CC)c1O. The highest BCUT2D eigenvalue weighted by Crippen LogP contribution is 2.29. The van der Waals surface area contributed by atoms with Crippen molar-refractivity contribution < 1.29 is 9.84 Å². The summed E-state index contributed by atoms with van der Waals surface area (Å²) >= 11 is 0. The summed E-state index contributed by atoms with van der Waals surface area (Å²) in [6.45, 7) is 11.4. The van der Waals surface area contributed by atoms with E-state index in [1.165, 1.54) is 12.0 Å². The van der Waals surface area contributed by atoms with Crippen molar-refractivity contribution in [2.24, 2.45) is 5.92 Å². The smallest absolute Gasteiger partial charge is 0.122 e. The van der Waals surface area contributed by atoms with Gasteiger partial charge in [-0.25, -0.2) is 0 Å². The third kappa shape index (κ3) is 6.13. The van der Waals surface area contributed by atoms with Gasteiger partial charge in [-0.3, -0.25) is 0 Å². The predicted octanol–water partition coefficient (Wildman–Crippen LogP) is 5.67. The van der Waals surface area contributed by atoms with Crippen LogP contribution >= 0.6 is 0 Å². The average molecular weight is 304 g/mol. The summed E-state index contributed by atoms with van der Waals surface area (Å²) in [5, 5.41) is 10.1. The van der Waals surface area contributed by atoms with Gasteiger partial charge >= 0.3 is 0 Å². The Kier molecular flexibility index (Phi) is 8.08. The molecule has 1 unspecified atom stereocenters. The van der Waals surface area contributed by atoms with Crippen LogP contribution in [-0.2, 0) is 12.8 Å². The van der Waals surface area contributed by atoms with E-state index in [0.717, 1.165) is 49.2 Å². The maximum atomic E-state index is 10.1. The van der Waals surface area contributed by atoms with E-state index in [2.05, 4.69) is 40.7 Å². The van der Waals surface area contributed by atoms with Crippen molar-refractivity contribution in [2.45, 2.75) is 66.7 Å². The summed E-state index contributed by atoms with van der Waals surface area (Å²) in [5.74, 6) is 2.00. The van der Waals surface area contributed by atoms with Crippen LogP contribution in [0.25, 0.3) is 0 Å². The minimum absolute atomic E-state index is 0.437. The molecule has 0 radical (unpaired) electrons.